The number of fused-ring (bicyclic) bond motifs is 1. The van der Waals surface area contributed by atoms with Gasteiger partial charge in [-0.05, 0) is 69.5 Å². The van der Waals surface area contributed by atoms with Crippen molar-refractivity contribution in [2.75, 3.05) is 6.54 Å². The Morgan fingerprint density at radius 3 is 2.54 bits per heavy atom. The molecule has 226 valence electrons. The number of carbonyl (C=O) groups excluding carboxylic acids is 3. The van der Waals surface area contributed by atoms with Crippen LogP contribution in [0.5, 0.6) is 0 Å². The molecule has 1 saturated heterocycles. The normalized spacial score (nSPS) is 21.3. The number of halogens is 1. The standard InChI is InChI=1S/C27H38ClN5O8/c28-17-7-5-13-30-20(17)15-41-27(40)32-18(8-3-4-12-29)24(35)31-19(25(36)37)10-11-23(34)33-21-9-2-1-6-16(21)14-22(33)26(38)39/h5,7,13,16,18-19,21-22H,1-4,6,8-12,14-15,29H2,(H,31,35)(H,32,40)(H,36,37)(H,38,39)/t16-,18-,19+,21-,22-/m0/s1. The van der Waals surface area contributed by atoms with Gasteiger partial charge in [0.1, 0.15) is 24.7 Å². The molecule has 3 rings (SSSR count). The van der Waals surface area contributed by atoms with Crippen molar-refractivity contribution in [2.45, 2.75) is 95.0 Å². The Morgan fingerprint density at radius 2 is 1.85 bits per heavy atom. The van der Waals surface area contributed by atoms with Crippen LogP contribution in [0.15, 0.2) is 18.3 Å². The summed E-state index contributed by atoms with van der Waals surface area (Å²) in [7, 11) is 0. The van der Waals surface area contributed by atoms with Gasteiger partial charge in [0, 0.05) is 18.7 Å². The predicted molar refractivity (Wildman–Crippen MR) is 147 cm³/mol. The average Bonchev–Trinajstić information content (AvgIpc) is 3.34. The molecule has 1 aliphatic carbocycles. The summed E-state index contributed by atoms with van der Waals surface area (Å²) >= 11 is 6.02. The zero-order valence-electron chi connectivity index (χ0n) is 22.8. The van der Waals surface area contributed by atoms with E-state index in [9.17, 15) is 34.2 Å². The lowest BCUT2D eigenvalue weighted by molar-refractivity contribution is -0.150. The Morgan fingerprint density at radius 1 is 1.10 bits per heavy atom. The van der Waals surface area contributed by atoms with Gasteiger partial charge in [-0.2, -0.15) is 0 Å². The van der Waals surface area contributed by atoms with Crippen molar-refractivity contribution in [3.05, 3.63) is 29.0 Å². The molecule has 5 atom stereocenters. The van der Waals surface area contributed by atoms with E-state index in [0.29, 0.717) is 36.5 Å². The van der Waals surface area contributed by atoms with Crippen molar-refractivity contribution in [1.29, 1.82) is 0 Å². The summed E-state index contributed by atoms with van der Waals surface area (Å²) in [5.74, 6) is -3.50. The van der Waals surface area contributed by atoms with Crippen molar-refractivity contribution in [3.8, 4) is 0 Å². The number of hydrogen-bond acceptors (Lipinski definition) is 8. The Balaban J connectivity index is 1.60. The van der Waals surface area contributed by atoms with E-state index in [1.807, 2.05) is 0 Å². The number of nitrogens with two attached hydrogens (primary N) is 1. The summed E-state index contributed by atoms with van der Waals surface area (Å²) in [6, 6.07) is -0.442. The zero-order valence-corrected chi connectivity index (χ0v) is 23.6. The quantitative estimate of drug-likeness (QED) is 0.198. The summed E-state index contributed by atoms with van der Waals surface area (Å²) in [5.41, 5.74) is 5.87. The topological polar surface area (TPSA) is 201 Å². The first-order valence-corrected chi connectivity index (χ1v) is 14.3. The molecule has 0 radical (unpaired) electrons. The predicted octanol–water partition coefficient (Wildman–Crippen LogP) is 2.05. The molecule has 2 fully saturated rings. The highest BCUT2D eigenvalue weighted by atomic mass is 35.5. The van der Waals surface area contributed by atoms with Crippen molar-refractivity contribution in [1.82, 2.24) is 20.5 Å². The van der Waals surface area contributed by atoms with Gasteiger partial charge < -0.3 is 36.2 Å². The monoisotopic (exact) mass is 595 g/mol. The smallest absolute Gasteiger partial charge is 0.408 e. The number of pyridine rings is 1. The maximum absolute atomic E-state index is 13.2. The van der Waals surface area contributed by atoms with Gasteiger partial charge in [-0.25, -0.2) is 14.4 Å². The Bertz CT molecular complexity index is 1110. The number of carbonyl (C=O) groups is 5. The number of carboxylic acid groups (broad SMARTS) is 2. The fraction of sp³-hybridized carbons (Fsp3) is 0.630. The number of nitrogens with one attached hydrogen (secondary N) is 2. The van der Waals surface area contributed by atoms with Crippen LogP contribution in [0.3, 0.4) is 0 Å². The lowest BCUT2D eigenvalue weighted by Crippen LogP contribution is -2.52. The molecular weight excluding hydrogens is 558 g/mol. The minimum absolute atomic E-state index is 0.123. The first-order chi connectivity index (χ1) is 19.6. The van der Waals surface area contributed by atoms with Gasteiger partial charge >= 0.3 is 18.0 Å². The second-order valence-corrected chi connectivity index (χ2v) is 10.8. The van der Waals surface area contributed by atoms with Crippen LogP contribution < -0.4 is 16.4 Å². The molecule has 6 N–H and O–H groups in total. The van der Waals surface area contributed by atoms with E-state index >= 15 is 0 Å². The molecule has 0 aromatic carbocycles. The number of nitrogens with zero attached hydrogens (tertiary/aromatic N) is 2. The van der Waals surface area contributed by atoms with Gasteiger partial charge in [0.2, 0.25) is 11.8 Å². The number of amides is 3. The number of aliphatic carboxylic acids is 2. The lowest BCUT2D eigenvalue weighted by Gasteiger charge is -2.33. The fourth-order valence-corrected chi connectivity index (χ4v) is 5.75. The van der Waals surface area contributed by atoms with Crippen LogP contribution in [0.25, 0.3) is 0 Å². The zero-order chi connectivity index (χ0) is 29.9. The van der Waals surface area contributed by atoms with E-state index < -0.39 is 48.0 Å². The Labute approximate surface area is 243 Å². The van der Waals surface area contributed by atoms with E-state index in [0.717, 1.165) is 25.7 Å². The molecule has 2 heterocycles. The highest BCUT2D eigenvalue weighted by molar-refractivity contribution is 6.31. The largest absolute Gasteiger partial charge is 0.480 e. The summed E-state index contributed by atoms with van der Waals surface area (Å²) in [5, 5.41) is 24.6. The lowest BCUT2D eigenvalue weighted by atomic mass is 9.84. The Kier molecular flexibility index (Phi) is 12.1. The van der Waals surface area contributed by atoms with Gasteiger partial charge in [0.15, 0.2) is 0 Å². The van der Waals surface area contributed by atoms with Crippen LogP contribution in [0.2, 0.25) is 5.02 Å². The summed E-state index contributed by atoms with van der Waals surface area (Å²) in [4.78, 5) is 67.9. The van der Waals surface area contributed by atoms with Gasteiger partial charge in [-0.3, -0.25) is 14.6 Å². The number of hydrogen-bond donors (Lipinski definition) is 5. The Hall–Kier alpha value is -3.45. The molecule has 41 heavy (non-hydrogen) atoms. The second kappa shape index (κ2) is 15.5. The molecule has 2 aliphatic rings. The van der Waals surface area contributed by atoms with Crippen LogP contribution in [0.1, 0.15) is 69.9 Å². The van der Waals surface area contributed by atoms with E-state index in [1.54, 1.807) is 12.1 Å². The molecule has 1 aromatic rings. The summed E-state index contributed by atoms with van der Waals surface area (Å²) in [6.07, 6.45) is 5.18. The molecule has 1 aromatic heterocycles. The van der Waals surface area contributed by atoms with Crippen LogP contribution in [0, 0.1) is 5.92 Å². The van der Waals surface area contributed by atoms with Crippen LogP contribution in [-0.4, -0.2) is 80.7 Å². The average molecular weight is 596 g/mol. The minimum Gasteiger partial charge on any atom is -0.480 e. The summed E-state index contributed by atoms with van der Waals surface area (Å²) in [6.45, 7) is 0.130. The molecule has 0 bridgehead atoms. The maximum Gasteiger partial charge on any atom is 0.408 e. The van der Waals surface area contributed by atoms with Crippen molar-refractivity contribution in [2.24, 2.45) is 11.7 Å². The third-order valence-corrected chi connectivity index (χ3v) is 8.00. The molecule has 14 heteroatoms. The third-order valence-electron chi connectivity index (χ3n) is 7.65. The van der Waals surface area contributed by atoms with Gasteiger partial charge in [-0.15, -0.1) is 0 Å². The maximum atomic E-state index is 13.2. The van der Waals surface area contributed by atoms with E-state index in [-0.39, 0.29) is 37.8 Å². The molecule has 1 aliphatic heterocycles. The summed E-state index contributed by atoms with van der Waals surface area (Å²) < 4.78 is 5.14. The first kappa shape index (κ1) is 32.1. The molecular formula is C27H38ClN5O8. The number of rotatable bonds is 14. The van der Waals surface area contributed by atoms with E-state index in [4.69, 9.17) is 22.1 Å². The van der Waals surface area contributed by atoms with Crippen molar-refractivity contribution >= 4 is 41.4 Å². The first-order valence-electron chi connectivity index (χ1n) is 13.9. The SMILES string of the molecule is NCCCC[C@H](NC(=O)OCc1ncccc1Cl)C(=O)N[C@H](CCC(=O)N1[C@H](C(=O)O)C[C@@H]2CCCC[C@@H]21)C(=O)O. The van der Waals surface area contributed by atoms with Crippen molar-refractivity contribution in [3.63, 3.8) is 0 Å². The number of carboxylic acids is 2. The second-order valence-electron chi connectivity index (χ2n) is 10.4. The van der Waals surface area contributed by atoms with Gasteiger partial charge in [-0.1, -0.05) is 24.4 Å². The van der Waals surface area contributed by atoms with Crippen LogP contribution in [-0.2, 0) is 30.5 Å². The van der Waals surface area contributed by atoms with Crippen molar-refractivity contribution < 1.29 is 38.9 Å². The number of ether oxygens (including phenoxy) is 1. The van der Waals surface area contributed by atoms with Gasteiger partial charge in [0.25, 0.3) is 0 Å². The van der Waals surface area contributed by atoms with E-state index in [2.05, 4.69) is 15.6 Å². The molecule has 13 nitrogen and oxygen atoms in total. The fourth-order valence-electron chi connectivity index (χ4n) is 5.57. The number of likely N-dealkylation sites (tertiary alicyclic amines) is 1. The van der Waals surface area contributed by atoms with E-state index in [1.165, 1.54) is 11.1 Å². The molecule has 1 saturated carbocycles. The van der Waals surface area contributed by atoms with Gasteiger partial charge in [0.05, 0.1) is 10.7 Å². The molecule has 0 unspecified atom stereocenters. The molecule has 3 amide bonds. The molecule has 0 spiro atoms. The van der Waals surface area contributed by atoms with Crippen LogP contribution >= 0.6 is 11.6 Å². The number of alkyl carbamates (subject to hydrolysis) is 1. The highest BCUT2D eigenvalue weighted by Gasteiger charge is 2.47. The third kappa shape index (κ3) is 9.02. The number of unbranched alkanes of at least 4 members (excludes halogenated alkanes) is 1. The highest BCUT2D eigenvalue weighted by Crippen LogP contribution is 2.40. The van der Waals surface area contributed by atoms with Crippen LogP contribution in [0.4, 0.5) is 4.79 Å². The minimum atomic E-state index is -1.43. The number of aromatic nitrogens is 1.